The van der Waals surface area contributed by atoms with Crippen LogP contribution in [0.25, 0.3) is 0 Å². The average Bonchev–Trinajstić information content (AvgIpc) is 3.20. The van der Waals surface area contributed by atoms with Crippen LogP contribution in [0.1, 0.15) is 28.1 Å². The van der Waals surface area contributed by atoms with Crippen LogP contribution in [0.15, 0.2) is 18.2 Å². The lowest BCUT2D eigenvalue weighted by molar-refractivity contribution is -0.137. The zero-order valence-electron chi connectivity index (χ0n) is 15.2. The minimum atomic E-state index is -4.50. The summed E-state index contributed by atoms with van der Waals surface area (Å²) in [6, 6.07) is 2.75. The maximum atomic E-state index is 12.8. The number of alkyl halides is 3. The van der Waals surface area contributed by atoms with Crippen molar-refractivity contribution in [1.29, 1.82) is 0 Å². The molecule has 0 saturated carbocycles. The van der Waals surface area contributed by atoms with E-state index in [4.69, 9.17) is 11.6 Å². The summed E-state index contributed by atoms with van der Waals surface area (Å²) in [5, 5.41) is 3.78. The van der Waals surface area contributed by atoms with Gasteiger partial charge in [0.05, 0.1) is 16.3 Å². The van der Waals surface area contributed by atoms with Crippen LogP contribution in [0.5, 0.6) is 0 Å². The maximum absolute atomic E-state index is 12.8. The quantitative estimate of drug-likeness (QED) is 0.731. The Bertz CT molecular complexity index is 942. The number of carbonyl (C=O) groups excluding carboxylic acids is 1. The predicted molar refractivity (Wildman–Crippen MR) is 104 cm³/mol. The molecule has 2 aromatic rings. The number of nitrogens with one attached hydrogen (secondary N) is 1. The van der Waals surface area contributed by atoms with Gasteiger partial charge in [0.1, 0.15) is 0 Å². The highest BCUT2D eigenvalue weighted by Crippen LogP contribution is 2.31. The second kappa shape index (κ2) is 8.02. The van der Waals surface area contributed by atoms with E-state index in [1.807, 2.05) is 13.8 Å². The number of thiazole rings is 1. The van der Waals surface area contributed by atoms with E-state index < -0.39 is 17.6 Å². The van der Waals surface area contributed by atoms with Gasteiger partial charge in [-0.2, -0.15) is 13.2 Å². The van der Waals surface area contributed by atoms with Crippen molar-refractivity contribution in [2.45, 2.75) is 32.5 Å². The molecular formula is C19H17ClF3N3OS. The van der Waals surface area contributed by atoms with Crippen molar-refractivity contribution in [3.63, 3.8) is 0 Å². The number of hydrogen-bond donors (Lipinski definition) is 1. The van der Waals surface area contributed by atoms with Gasteiger partial charge in [-0.15, -0.1) is 11.3 Å². The molecule has 1 aromatic heterocycles. The van der Waals surface area contributed by atoms with Gasteiger partial charge in [0, 0.05) is 35.5 Å². The average molecular weight is 428 g/mol. The fourth-order valence-electron chi connectivity index (χ4n) is 2.79. The Morgan fingerprint density at radius 3 is 2.79 bits per heavy atom. The second-order valence-corrected chi connectivity index (χ2v) is 8.07. The third-order valence-corrected chi connectivity index (χ3v) is 5.88. The molecule has 4 nitrogen and oxygen atoms in total. The Morgan fingerprint density at radius 2 is 2.14 bits per heavy atom. The number of anilines is 1. The first-order valence-electron chi connectivity index (χ1n) is 8.51. The number of aromatic nitrogens is 1. The molecule has 3 rings (SSSR count). The number of benzene rings is 1. The van der Waals surface area contributed by atoms with Crippen molar-refractivity contribution < 1.29 is 18.0 Å². The highest BCUT2D eigenvalue weighted by Gasteiger charge is 2.31. The van der Waals surface area contributed by atoms with E-state index >= 15 is 0 Å². The molecule has 1 saturated heterocycles. The summed E-state index contributed by atoms with van der Waals surface area (Å²) in [5.74, 6) is 4.22. The van der Waals surface area contributed by atoms with Gasteiger partial charge in [-0.25, -0.2) is 4.98 Å². The van der Waals surface area contributed by atoms with Crippen molar-refractivity contribution in [3.05, 3.63) is 44.9 Å². The molecule has 2 heterocycles. The molecule has 1 aliphatic rings. The first-order chi connectivity index (χ1) is 13.1. The van der Waals surface area contributed by atoms with Crippen LogP contribution in [0.3, 0.4) is 0 Å². The van der Waals surface area contributed by atoms with Gasteiger partial charge < -0.3 is 10.2 Å². The highest BCUT2D eigenvalue weighted by molar-refractivity contribution is 7.15. The number of aryl methyl sites for hydroxylation is 2. The summed E-state index contributed by atoms with van der Waals surface area (Å²) in [4.78, 5) is 19.9. The molecule has 0 spiro atoms. The van der Waals surface area contributed by atoms with E-state index in [-0.39, 0.29) is 16.6 Å². The second-order valence-electron chi connectivity index (χ2n) is 6.49. The van der Waals surface area contributed by atoms with Crippen LogP contribution in [-0.2, 0) is 11.0 Å². The summed E-state index contributed by atoms with van der Waals surface area (Å²) in [7, 11) is 0. The molecule has 0 bridgehead atoms. The summed E-state index contributed by atoms with van der Waals surface area (Å²) >= 11 is 7.50. The molecule has 1 amide bonds. The van der Waals surface area contributed by atoms with Crippen LogP contribution in [0.2, 0.25) is 5.02 Å². The van der Waals surface area contributed by atoms with Crippen molar-refractivity contribution in [3.8, 4) is 11.8 Å². The van der Waals surface area contributed by atoms with Crippen molar-refractivity contribution in [2.75, 3.05) is 18.0 Å². The summed E-state index contributed by atoms with van der Waals surface area (Å²) in [6.07, 6.45) is -3.75. The topological polar surface area (TPSA) is 45.2 Å². The molecule has 0 radical (unpaired) electrons. The van der Waals surface area contributed by atoms with Crippen LogP contribution >= 0.6 is 22.9 Å². The molecule has 148 valence electrons. The standard InChI is InChI=1S/C19H17ClF3N3OS/c1-11-12(2)28-18(24-11)26-8-7-15(10-26)25-17(27)6-3-13-9-14(19(21,22)23)4-5-16(13)20/h4-5,9,15H,7-8,10H2,1-2H3,(H,25,27). The molecule has 1 unspecified atom stereocenters. The molecule has 0 aliphatic carbocycles. The lowest BCUT2D eigenvalue weighted by Crippen LogP contribution is -2.36. The van der Waals surface area contributed by atoms with Gasteiger partial charge in [-0.05, 0) is 38.5 Å². The Balaban J connectivity index is 1.63. The van der Waals surface area contributed by atoms with E-state index in [1.165, 1.54) is 0 Å². The SMILES string of the molecule is Cc1nc(N2CCC(NC(=O)C#Cc3cc(C(F)(F)F)ccc3Cl)C2)sc1C. The monoisotopic (exact) mass is 427 g/mol. The molecule has 9 heteroatoms. The Hall–Kier alpha value is -2.24. The fourth-order valence-corrected chi connectivity index (χ4v) is 3.90. The molecule has 28 heavy (non-hydrogen) atoms. The third-order valence-electron chi connectivity index (χ3n) is 4.42. The largest absolute Gasteiger partial charge is 0.416 e. The number of nitrogens with zero attached hydrogens (tertiary/aromatic N) is 2. The van der Waals surface area contributed by atoms with E-state index in [9.17, 15) is 18.0 Å². The lowest BCUT2D eigenvalue weighted by atomic mass is 10.1. The number of carbonyl (C=O) groups is 1. The van der Waals surface area contributed by atoms with Crippen LogP contribution in [0, 0.1) is 25.7 Å². The number of amides is 1. The Morgan fingerprint density at radius 1 is 1.39 bits per heavy atom. The first-order valence-corrected chi connectivity index (χ1v) is 9.71. The summed E-state index contributed by atoms with van der Waals surface area (Å²) in [6.45, 7) is 5.36. The molecular weight excluding hydrogens is 411 g/mol. The van der Waals surface area contributed by atoms with Gasteiger partial charge >= 0.3 is 6.18 Å². The van der Waals surface area contributed by atoms with E-state index in [1.54, 1.807) is 11.3 Å². The van der Waals surface area contributed by atoms with Crippen molar-refractivity contribution in [1.82, 2.24) is 10.3 Å². The molecule has 1 fully saturated rings. The normalized spacial score (nSPS) is 16.6. The smallest absolute Gasteiger partial charge is 0.346 e. The van der Waals surface area contributed by atoms with Crippen molar-refractivity contribution in [2.24, 2.45) is 0 Å². The minimum Gasteiger partial charge on any atom is -0.346 e. The van der Waals surface area contributed by atoms with Crippen molar-refractivity contribution >= 4 is 34.0 Å². The van der Waals surface area contributed by atoms with Crippen LogP contribution in [0.4, 0.5) is 18.3 Å². The van der Waals surface area contributed by atoms with Gasteiger partial charge in [0.25, 0.3) is 5.91 Å². The molecule has 1 atom stereocenters. The van der Waals surface area contributed by atoms with Gasteiger partial charge in [0.2, 0.25) is 0 Å². The lowest BCUT2D eigenvalue weighted by Gasteiger charge is -2.14. The fraction of sp³-hybridized carbons (Fsp3) is 0.368. The molecule has 1 N–H and O–H groups in total. The third kappa shape index (κ3) is 4.78. The van der Waals surface area contributed by atoms with E-state index in [0.717, 1.165) is 46.9 Å². The van der Waals surface area contributed by atoms with Crippen LogP contribution in [-0.4, -0.2) is 30.0 Å². The number of hydrogen-bond acceptors (Lipinski definition) is 4. The first kappa shape index (κ1) is 20.5. The zero-order valence-corrected chi connectivity index (χ0v) is 16.7. The molecule has 1 aliphatic heterocycles. The van der Waals surface area contributed by atoms with E-state index in [2.05, 4.69) is 27.0 Å². The Kier molecular flexibility index (Phi) is 5.87. The summed E-state index contributed by atoms with van der Waals surface area (Å²) < 4.78 is 38.4. The van der Waals surface area contributed by atoms with Crippen LogP contribution < -0.4 is 10.2 Å². The van der Waals surface area contributed by atoms with Gasteiger partial charge in [0.15, 0.2) is 5.13 Å². The van der Waals surface area contributed by atoms with E-state index in [0.29, 0.717) is 6.54 Å². The zero-order chi connectivity index (χ0) is 20.5. The minimum absolute atomic E-state index is 0.0339. The Labute approximate surface area is 169 Å². The summed E-state index contributed by atoms with van der Waals surface area (Å²) in [5.41, 5.74) is 0.104. The number of rotatable bonds is 2. The van der Waals surface area contributed by atoms with Gasteiger partial charge in [-0.1, -0.05) is 17.5 Å². The molecule has 1 aromatic carbocycles. The van der Waals surface area contributed by atoms with Gasteiger partial charge in [-0.3, -0.25) is 4.79 Å². The predicted octanol–water partition coefficient (Wildman–Crippen LogP) is 4.18. The maximum Gasteiger partial charge on any atom is 0.416 e. The number of halogens is 4. The highest BCUT2D eigenvalue weighted by atomic mass is 35.5.